The zero-order valence-corrected chi connectivity index (χ0v) is 13.2. The van der Waals surface area contributed by atoms with Crippen molar-refractivity contribution < 1.29 is 14.0 Å². The highest BCUT2D eigenvalue weighted by Crippen LogP contribution is 2.19. The molecule has 0 aliphatic carbocycles. The molecule has 0 spiro atoms. The second-order valence-corrected chi connectivity index (χ2v) is 5.51. The van der Waals surface area contributed by atoms with Gasteiger partial charge in [0.05, 0.1) is 5.02 Å². The SMILES string of the molecule is C[C@@H](CNC(=O)C(=O)Nc1ccc(F)c(Cl)c1)c1ccccc1. The summed E-state index contributed by atoms with van der Waals surface area (Å²) in [5, 5.41) is 4.82. The maximum Gasteiger partial charge on any atom is 0.313 e. The monoisotopic (exact) mass is 334 g/mol. The summed E-state index contributed by atoms with van der Waals surface area (Å²) >= 11 is 5.62. The Bertz CT molecular complexity index is 707. The lowest BCUT2D eigenvalue weighted by atomic mass is 10.0. The first-order chi connectivity index (χ1) is 11.0. The second kappa shape index (κ2) is 7.74. The molecule has 0 bridgehead atoms. The third kappa shape index (κ3) is 4.79. The van der Waals surface area contributed by atoms with E-state index in [-0.39, 0.29) is 16.6 Å². The fourth-order valence-corrected chi connectivity index (χ4v) is 2.17. The molecule has 2 aromatic rings. The molecule has 0 saturated carbocycles. The van der Waals surface area contributed by atoms with Crippen molar-refractivity contribution in [3.8, 4) is 0 Å². The van der Waals surface area contributed by atoms with E-state index >= 15 is 0 Å². The average molecular weight is 335 g/mol. The van der Waals surface area contributed by atoms with E-state index in [9.17, 15) is 14.0 Å². The molecule has 0 aromatic heterocycles. The zero-order valence-electron chi connectivity index (χ0n) is 12.5. The summed E-state index contributed by atoms with van der Waals surface area (Å²) in [4.78, 5) is 23.6. The second-order valence-electron chi connectivity index (χ2n) is 5.10. The summed E-state index contributed by atoms with van der Waals surface area (Å²) < 4.78 is 13.0. The highest BCUT2D eigenvalue weighted by Gasteiger charge is 2.15. The Labute approximate surface area is 138 Å². The van der Waals surface area contributed by atoms with Crippen LogP contribution in [0.2, 0.25) is 5.02 Å². The van der Waals surface area contributed by atoms with Crippen LogP contribution in [0.1, 0.15) is 18.4 Å². The quantitative estimate of drug-likeness (QED) is 0.842. The summed E-state index contributed by atoms with van der Waals surface area (Å²) in [5.41, 5.74) is 1.33. The van der Waals surface area contributed by atoms with E-state index in [1.807, 2.05) is 37.3 Å². The first-order valence-corrected chi connectivity index (χ1v) is 7.44. The van der Waals surface area contributed by atoms with Crippen molar-refractivity contribution in [2.75, 3.05) is 11.9 Å². The van der Waals surface area contributed by atoms with Gasteiger partial charge in [0, 0.05) is 12.2 Å². The number of amides is 2. The largest absolute Gasteiger partial charge is 0.347 e. The number of hydrogen-bond acceptors (Lipinski definition) is 2. The fourth-order valence-electron chi connectivity index (χ4n) is 1.99. The molecule has 2 N–H and O–H groups in total. The number of hydrogen-bond donors (Lipinski definition) is 2. The smallest absolute Gasteiger partial charge is 0.313 e. The van der Waals surface area contributed by atoms with Crippen molar-refractivity contribution in [2.24, 2.45) is 0 Å². The Morgan fingerprint density at radius 2 is 1.83 bits per heavy atom. The molecule has 2 amide bonds. The molecule has 0 unspecified atom stereocenters. The lowest BCUT2D eigenvalue weighted by molar-refractivity contribution is -0.136. The third-order valence-corrected chi connectivity index (χ3v) is 3.61. The number of anilines is 1. The van der Waals surface area contributed by atoms with Gasteiger partial charge in [0.25, 0.3) is 0 Å². The van der Waals surface area contributed by atoms with E-state index in [0.29, 0.717) is 6.54 Å². The molecule has 120 valence electrons. The van der Waals surface area contributed by atoms with Crippen molar-refractivity contribution in [1.82, 2.24) is 5.32 Å². The molecule has 2 rings (SSSR count). The summed E-state index contributed by atoms with van der Waals surface area (Å²) in [5.74, 6) is -2.10. The Hall–Kier alpha value is -2.40. The van der Waals surface area contributed by atoms with Gasteiger partial charge in [-0.3, -0.25) is 9.59 Å². The number of benzene rings is 2. The molecular weight excluding hydrogens is 319 g/mol. The third-order valence-electron chi connectivity index (χ3n) is 3.32. The van der Waals surface area contributed by atoms with Crippen molar-refractivity contribution >= 4 is 29.1 Å². The van der Waals surface area contributed by atoms with Crippen molar-refractivity contribution in [3.05, 3.63) is 64.9 Å². The number of rotatable bonds is 4. The molecule has 0 saturated heterocycles. The van der Waals surface area contributed by atoms with Gasteiger partial charge in [-0.15, -0.1) is 0 Å². The Balaban J connectivity index is 1.87. The van der Waals surface area contributed by atoms with Crippen molar-refractivity contribution in [3.63, 3.8) is 0 Å². The maximum absolute atomic E-state index is 13.0. The lowest BCUT2D eigenvalue weighted by Gasteiger charge is -2.13. The van der Waals surface area contributed by atoms with Crippen LogP contribution in [0.15, 0.2) is 48.5 Å². The van der Waals surface area contributed by atoms with Crippen LogP contribution in [0.25, 0.3) is 0 Å². The van der Waals surface area contributed by atoms with Gasteiger partial charge in [-0.1, -0.05) is 48.9 Å². The molecule has 1 atom stereocenters. The molecule has 0 heterocycles. The summed E-state index contributed by atoms with van der Waals surface area (Å²) in [6.45, 7) is 2.29. The van der Waals surface area contributed by atoms with Crippen LogP contribution in [-0.2, 0) is 9.59 Å². The number of halogens is 2. The number of nitrogens with one attached hydrogen (secondary N) is 2. The van der Waals surface area contributed by atoms with E-state index < -0.39 is 17.6 Å². The lowest BCUT2D eigenvalue weighted by Crippen LogP contribution is -2.37. The number of carbonyl (C=O) groups excluding carboxylic acids is 2. The van der Waals surface area contributed by atoms with E-state index in [4.69, 9.17) is 11.6 Å². The molecule has 0 fully saturated rings. The highest BCUT2D eigenvalue weighted by molar-refractivity contribution is 6.39. The van der Waals surface area contributed by atoms with Gasteiger partial charge in [0.2, 0.25) is 0 Å². The molecule has 23 heavy (non-hydrogen) atoms. The van der Waals surface area contributed by atoms with Crippen LogP contribution in [-0.4, -0.2) is 18.4 Å². The Morgan fingerprint density at radius 3 is 2.48 bits per heavy atom. The molecule has 6 heteroatoms. The van der Waals surface area contributed by atoms with Crippen LogP contribution in [0, 0.1) is 5.82 Å². The van der Waals surface area contributed by atoms with E-state index in [1.165, 1.54) is 12.1 Å². The molecule has 0 radical (unpaired) electrons. The van der Waals surface area contributed by atoms with Crippen molar-refractivity contribution in [1.29, 1.82) is 0 Å². The average Bonchev–Trinajstić information content (AvgIpc) is 2.56. The van der Waals surface area contributed by atoms with Crippen LogP contribution < -0.4 is 10.6 Å². The summed E-state index contributed by atoms with van der Waals surface area (Å²) in [7, 11) is 0. The first-order valence-electron chi connectivity index (χ1n) is 7.06. The normalized spacial score (nSPS) is 11.6. The first kappa shape index (κ1) is 17.0. The minimum Gasteiger partial charge on any atom is -0.347 e. The van der Waals surface area contributed by atoms with Gasteiger partial charge in [-0.25, -0.2) is 4.39 Å². The predicted molar refractivity (Wildman–Crippen MR) is 87.9 cm³/mol. The van der Waals surface area contributed by atoms with E-state index in [0.717, 1.165) is 11.6 Å². The minimum atomic E-state index is -0.826. The van der Waals surface area contributed by atoms with Crippen LogP contribution >= 0.6 is 11.6 Å². The summed E-state index contributed by atoms with van der Waals surface area (Å²) in [6.07, 6.45) is 0. The van der Waals surface area contributed by atoms with Crippen LogP contribution in [0.3, 0.4) is 0 Å². The van der Waals surface area contributed by atoms with Gasteiger partial charge in [0.1, 0.15) is 5.82 Å². The molecule has 0 aliphatic rings. The van der Waals surface area contributed by atoms with Gasteiger partial charge in [-0.05, 0) is 29.7 Å². The fraction of sp³-hybridized carbons (Fsp3) is 0.176. The topological polar surface area (TPSA) is 58.2 Å². The van der Waals surface area contributed by atoms with Gasteiger partial charge in [-0.2, -0.15) is 0 Å². The van der Waals surface area contributed by atoms with Crippen LogP contribution in [0.5, 0.6) is 0 Å². The predicted octanol–water partition coefficient (Wildman–Crippen LogP) is 3.34. The molecule has 4 nitrogen and oxygen atoms in total. The maximum atomic E-state index is 13.0. The van der Waals surface area contributed by atoms with Gasteiger partial charge >= 0.3 is 11.8 Å². The Kier molecular flexibility index (Phi) is 5.71. The minimum absolute atomic E-state index is 0.0771. The molecule has 0 aliphatic heterocycles. The van der Waals surface area contributed by atoms with Gasteiger partial charge in [0.15, 0.2) is 0 Å². The van der Waals surface area contributed by atoms with E-state index in [2.05, 4.69) is 10.6 Å². The summed E-state index contributed by atoms with van der Waals surface area (Å²) in [6, 6.07) is 13.4. The zero-order chi connectivity index (χ0) is 16.8. The van der Waals surface area contributed by atoms with E-state index in [1.54, 1.807) is 0 Å². The Morgan fingerprint density at radius 1 is 1.13 bits per heavy atom. The highest BCUT2D eigenvalue weighted by atomic mass is 35.5. The van der Waals surface area contributed by atoms with Crippen molar-refractivity contribution in [2.45, 2.75) is 12.8 Å². The molecular formula is C17H16ClFN2O2. The van der Waals surface area contributed by atoms with Gasteiger partial charge < -0.3 is 10.6 Å². The standard InChI is InChI=1S/C17H16ClFN2O2/c1-11(12-5-3-2-4-6-12)10-20-16(22)17(23)21-13-7-8-15(19)14(18)9-13/h2-9,11H,10H2,1H3,(H,20,22)(H,21,23)/t11-/m0/s1. The molecule has 2 aromatic carbocycles. The number of carbonyl (C=O) groups is 2. The van der Waals surface area contributed by atoms with Crippen LogP contribution in [0.4, 0.5) is 10.1 Å².